The predicted octanol–water partition coefficient (Wildman–Crippen LogP) is 9.61. The van der Waals surface area contributed by atoms with Gasteiger partial charge in [0.1, 0.15) is 0 Å². The number of carboxylic acid groups (broad SMARTS) is 2. The minimum atomic E-state index is -0.903. The zero-order valence-electron chi connectivity index (χ0n) is 28.0. The molecular weight excluding hydrogens is 584 g/mol. The van der Waals surface area contributed by atoms with Crippen molar-refractivity contribution in [3.63, 3.8) is 0 Å². The van der Waals surface area contributed by atoms with E-state index in [1.165, 1.54) is 167 Å². The van der Waals surface area contributed by atoms with Gasteiger partial charge >= 0.3 is 45.5 Å². The summed E-state index contributed by atoms with van der Waals surface area (Å²) in [6, 6.07) is 0. The van der Waals surface area contributed by atoms with E-state index in [9.17, 15) is 19.8 Å². The molecule has 0 fully saturated rings. The Hall–Kier alpha value is 0.421. The quantitative estimate of drug-likeness (QED) is 0.0535. The maximum Gasteiger partial charge on any atom is 2.00 e. The average Bonchev–Trinajstić information content (AvgIpc) is 2.93. The Morgan fingerprint density at radius 3 is 0.610 bits per heavy atom. The summed E-state index contributed by atoms with van der Waals surface area (Å²) in [5.74, 6) is -1.81. The van der Waals surface area contributed by atoms with Crippen molar-refractivity contribution in [2.75, 3.05) is 0 Å². The minimum Gasteiger partial charge on any atom is -0.550 e. The van der Waals surface area contributed by atoms with Gasteiger partial charge in [-0.25, -0.2) is 0 Å². The van der Waals surface area contributed by atoms with Crippen LogP contribution in [-0.4, -0.2) is 57.4 Å². The van der Waals surface area contributed by atoms with Crippen LogP contribution in [0, 0.1) is 0 Å². The summed E-state index contributed by atoms with van der Waals surface area (Å²) in [6.07, 6.45) is 39.7. The molecule has 0 amide bonds. The van der Waals surface area contributed by atoms with E-state index in [1.807, 2.05) is 0 Å². The number of hydrogen-bond acceptors (Lipinski definition) is 4. The number of rotatable bonds is 32. The second-order valence-electron chi connectivity index (χ2n) is 12.1. The molecular formula is C36H70O4Sr. The molecule has 0 saturated heterocycles. The van der Waals surface area contributed by atoms with Crippen LogP contribution in [0.5, 0.6) is 0 Å². The van der Waals surface area contributed by atoms with Crippen molar-refractivity contribution < 1.29 is 19.8 Å². The van der Waals surface area contributed by atoms with Gasteiger partial charge in [0.25, 0.3) is 0 Å². The molecule has 0 bridgehead atoms. The van der Waals surface area contributed by atoms with Crippen LogP contribution < -0.4 is 10.2 Å². The molecule has 0 aliphatic carbocycles. The Kier molecular flexibility index (Phi) is 47.6. The van der Waals surface area contributed by atoms with Gasteiger partial charge in [0.2, 0.25) is 0 Å². The maximum absolute atomic E-state index is 10.2. The number of unbranched alkanes of at least 4 members (excludes halogenated alkanes) is 28. The van der Waals surface area contributed by atoms with Crippen molar-refractivity contribution in [3.05, 3.63) is 0 Å². The number of aliphatic carboxylic acids is 2. The topological polar surface area (TPSA) is 80.3 Å². The third-order valence-corrected chi connectivity index (χ3v) is 7.97. The molecule has 4 nitrogen and oxygen atoms in total. The Morgan fingerprint density at radius 1 is 0.317 bits per heavy atom. The maximum atomic E-state index is 10.2. The van der Waals surface area contributed by atoms with E-state index in [0.29, 0.717) is 0 Å². The van der Waals surface area contributed by atoms with E-state index in [0.717, 1.165) is 25.7 Å². The first-order chi connectivity index (χ1) is 19.5. The van der Waals surface area contributed by atoms with Crippen LogP contribution >= 0.6 is 0 Å². The van der Waals surface area contributed by atoms with E-state index < -0.39 is 11.9 Å². The fourth-order valence-electron chi connectivity index (χ4n) is 5.28. The van der Waals surface area contributed by atoms with Gasteiger partial charge < -0.3 is 19.8 Å². The smallest absolute Gasteiger partial charge is 0.550 e. The van der Waals surface area contributed by atoms with Gasteiger partial charge in [-0.2, -0.15) is 0 Å². The third kappa shape index (κ3) is 50.4. The molecule has 0 N–H and O–H groups in total. The van der Waals surface area contributed by atoms with Crippen LogP contribution in [0.15, 0.2) is 0 Å². The molecule has 41 heavy (non-hydrogen) atoms. The minimum absolute atomic E-state index is 0. The average molecular weight is 655 g/mol. The zero-order valence-corrected chi connectivity index (χ0v) is 31.4. The van der Waals surface area contributed by atoms with Gasteiger partial charge in [-0.3, -0.25) is 0 Å². The molecule has 0 unspecified atom stereocenters. The molecule has 0 atom stereocenters. The SMILES string of the molecule is CCCCCCCCCCCCCCCCCC(=O)[O-].CCCCCCCCCCCCCCCCCC(=O)[O-].[Sr+2]. The number of carboxylic acids is 2. The molecule has 0 aromatic heterocycles. The van der Waals surface area contributed by atoms with Crippen LogP contribution in [0.4, 0.5) is 0 Å². The molecule has 0 aliphatic heterocycles. The second-order valence-corrected chi connectivity index (χ2v) is 12.1. The molecule has 0 rings (SSSR count). The van der Waals surface area contributed by atoms with Crippen molar-refractivity contribution in [1.82, 2.24) is 0 Å². The molecule has 240 valence electrons. The van der Waals surface area contributed by atoms with Gasteiger partial charge in [0.05, 0.1) is 0 Å². The molecule has 0 aliphatic rings. The normalized spacial score (nSPS) is 10.6. The number of hydrogen-bond donors (Lipinski definition) is 0. The first-order valence-corrected chi connectivity index (χ1v) is 17.9. The summed E-state index contributed by atoms with van der Waals surface area (Å²) in [7, 11) is 0. The number of carbonyl (C=O) groups is 2. The third-order valence-electron chi connectivity index (χ3n) is 7.97. The fraction of sp³-hybridized carbons (Fsp3) is 0.944. The summed E-state index contributed by atoms with van der Waals surface area (Å²) >= 11 is 0. The molecule has 0 aromatic rings. The fourth-order valence-corrected chi connectivity index (χ4v) is 5.28. The summed E-state index contributed by atoms with van der Waals surface area (Å²) in [5.41, 5.74) is 0. The Morgan fingerprint density at radius 2 is 0.463 bits per heavy atom. The van der Waals surface area contributed by atoms with Crippen LogP contribution in [0.3, 0.4) is 0 Å². The van der Waals surface area contributed by atoms with Crippen molar-refractivity contribution >= 4 is 57.4 Å². The van der Waals surface area contributed by atoms with Crippen LogP contribution in [0.2, 0.25) is 0 Å². The monoisotopic (exact) mass is 654 g/mol. The van der Waals surface area contributed by atoms with Gasteiger partial charge in [0, 0.05) is 11.9 Å². The van der Waals surface area contributed by atoms with Crippen LogP contribution in [-0.2, 0) is 9.59 Å². The van der Waals surface area contributed by atoms with Gasteiger partial charge in [-0.05, 0) is 25.7 Å². The van der Waals surface area contributed by atoms with Gasteiger partial charge in [0.15, 0.2) is 0 Å². The van der Waals surface area contributed by atoms with E-state index in [4.69, 9.17) is 0 Å². The first-order valence-electron chi connectivity index (χ1n) is 17.9. The van der Waals surface area contributed by atoms with Crippen molar-refractivity contribution in [2.45, 2.75) is 219 Å². The zero-order chi connectivity index (χ0) is 29.8. The molecule has 0 saturated carbocycles. The molecule has 0 aromatic carbocycles. The van der Waals surface area contributed by atoms with Crippen LogP contribution in [0.1, 0.15) is 219 Å². The van der Waals surface area contributed by atoms with E-state index in [2.05, 4.69) is 13.8 Å². The Labute approximate surface area is 294 Å². The Balaban J connectivity index is -0.000000688. The Bertz CT molecular complexity index is 454. The largest absolute Gasteiger partial charge is 2.00 e. The van der Waals surface area contributed by atoms with E-state index in [1.54, 1.807) is 0 Å². The van der Waals surface area contributed by atoms with Gasteiger partial charge in [-0.15, -0.1) is 0 Å². The van der Waals surface area contributed by atoms with E-state index >= 15 is 0 Å². The summed E-state index contributed by atoms with van der Waals surface area (Å²) in [6.45, 7) is 4.53. The standard InChI is InChI=1S/2C18H36O2.Sr/c2*1-2-3-4-5-6-7-8-9-10-11-12-13-14-15-16-17-18(19)20;/h2*2-17H2,1H3,(H,19,20);/q;;+2/p-2. The molecule has 0 radical (unpaired) electrons. The van der Waals surface area contributed by atoms with Crippen molar-refractivity contribution in [2.24, 2.45) is 0 Å². The summed E-state index contributed by atoms with van der Waals surface area (Å²) < 4.78 is 0. The summed E-state index contributed by atoms with van der Waals surface area (Å²) in [4.78, 5) is 20.4. The van der Waals surface area contributed by atoms with Crippen molar-refractivity contribution in [1.29, 1.82) is 0 Å². The molecule has 5 heteroatoms. The van der Waals surface area contributed by atoms with Gasteiger partial charge in [-0.1, -0.05) is 194 Å². The predicted molar refractivity (Wildman–Crippen MR) is 175 cm³/mol. The van der Waals surface area contributed by atoms with E-state index in [-0.39, 0.29) is 58.3 Å². The first kappa shape index (κ1) is 45.8. The number of carbonyl (C=O) groups excluding carboxylic acids is 2. The van der Waals surface area contributed by atoms with Crippen molar-refractivity contribution in [3.8, 4) is 0 Å². The summed E-state index contributed by atoms with van der Waals surface area (Å²) in [5, 5.41) is 20.4. The second kappa shape index (κ2) is 42.6. The molecule has 0 heterocycles. The molecule has 0 spiro atoms. The van der Waals surface area contributed by atoms with Crippen LogP contribution in [0.25, 0.3) is 0 Å².